The van der Waals surface area contributed by atoms with Crippen LogP contribution >= 0.6 is 0 Å². The highest BCUT2D eigenvalue weighted by atomic mass is 16.5. The standard InChI is InChI=1S/C20H26N2O3/c1-14(2)25-18-10-9-15(12-19(18)24-3)11-16(13-21)20(23)22-17-7-5-4-6-8-17/h9-12,14,17H,4-8H2,1-3H3,(H,22,23)/b16-11+. The molecule has 0 radical (unpaired) electrons. The molecule has 1 fully saturated rings. The van der Waals surface area contributed by atoms with Crippen LogP contribution in [0.15, 0.2) is 23.8 Å². The van der Waals surface area contributed by atoms with E-state index in [1.165, 1.54) is 6.42 Å². The van der Waals surface area contributed by atoms with E-state index < -0.39 is 0 Å². The molecule has 0 saturated heterocycles. The lowest BCUT2D eigenvalue weighted by Crippen LogP contribution is -2.36. The fourth-order valence-electron chi connectivity index (χ4n) is 2.95. The fraction of sp³-hybridized carbons (Fsp3) is 0.500. The molecule has 0 bridgehead atoms. The lowest BCUT2D eigenvalue weighted by molar-refractivity contribution is -0.117. The summed E-state index contributed by atoms with van der Waals surface area (Å²) in [5, 5.41) is 12.3. The van der Waals surface area contributed by atoms with Crippen LogP contribution in [0.5, 0.6) is 11.5 Å². The Hall–Kier alpha value is -2.48. The van der Waals surface area contributed by atoms with Crippen molar-refractivity contribution in [3.8, 4) is 17.6 Å². The average molecular weight is 342 g/mol. The number of amides is 1. The third-order valence-corrected chi connectivity index (χ3v) is 4.17. The molecule has 1 aromatic carbocycles. The second-order valence-corrected chi connectivity index (χ2v) is 6.56. The van der Waals surface area contributed by atoms with Gasteiger partial charge in [-0.1, -0.05) is 25.3 Å². The van der Waals surface area contributed by atoms with Crippen molar-refractivity contribution in [3.63, 3.8) is 0 Å². The minimum absolute atomic E-state index is 0.0335. The largest absolute Gasteiger partial charge is 0.493 e. The molecule has 0 unspecified atom stereocenters. The molecule has 1 aliphatic carbocycles. The first-order valence-corrected chi connectivity index (χ1v) is 8.81. The van der Waals surface area contributed by atoms with Gasteiger partial charge in [-0.3, -0.25) is 4.79 Å². The van der Waals surface area contributed by atoms with Crippen molar-refractivity contribution in [1.29, 1.82) is 5.26 Å². The predicted molar refractivity (Wildman–Crippen MR) is 97.4 cm³/mol. The molecule has 5 nitrogen and oxygen atoms in total. The molecule has 1 saturated carbocycles. The van der Waals surface area contributed by atoms with Crippen molar-refractivity contribution in [2.45, 2.75) is 58.1 Å². The highest BCUT2D eigenvalue weighted by molar-refractivity contribution is 6.01. The normalized spacial score (nSPS) is 15.6. The topological polar surface area (TPSA) is 71.3 Å². The number of nitrogens with zero attached hydrogens (tertiary/aromatic N) is 1. The van der Waals surface area contributed by atoms with Gasteiger partial charge in [-0.05, 0) is 50.5 Å². The summed E-state index contributed by atoms with van der Waals surface area (Å²) in [6.07, 6.45) is 7.07. The number of nitriles is 1. The van der Waals surface area contributed by atoms with Crippen LogP contribution in [-0.4, -0.2) is 25.2 Å². The Balaban J connectivity index is 2.15. The molecule has 1 amide bonds. The minimum atomic E-state index is -0.309. The van der Waals surface area contributed by atoms with E-state index in [0.29, 0.717) is 11.5 Å². The van der Waals surface area contributed by atoms with Crippen molar-refractivity contribution < 1.29 is 14.3 Å². The number of hydrogen-bond acceptors (Lipinski definition) is 4. The lowest BCUT2D eigenvalue weighted by Gasteiger charge is -2.22. The average Bonchev–Trinajstić information content (AvgIpc) is 2.61. The van der Waals surface area contributed by atoms with Crippen LogP contribution in [0.1, 0.15) is 51.5 Å². The van der Waals surface area contributed by atoms with E-state index in [4.69, 9.17) is 9.47 Å². The summed E-state index contributed by atoms with van der Waals surface area (Å²) in [6, 6.07) is 7.54. The minimum Gasteiger partial charge on any atom is -0.493 e. The number of nitrogens with one attached hydrogen (secondary N) is 1. The zero-order valence-electron chi connectivity index (χ0n) is 15.2. The number of ether oxygens (including phenoxy) is 2. The second-order valence-electron chi connectivity index (χ2n) is 6.56. The molecule has 134 valence electrons. The Bertz CT molecular complexity index is 668. The number of carbonyl (C=O) groups excluding carboxylic acids is 1. The van der Waals surface area contributed by atoms with Gasteiger partial charge in [0.1, 0.15) is 11.6 Å². The first kappa shape index (κ1) is 18.9. The summed E-state index contributed by atoms with van der Waals surface area (Å²) in [5.41, 5.74) is 0.827. The van der Waals surface area contributed by atoms with Gasteiger partial charge in [0.2, 0.25) is 0 Å². The molecule has 2 rings (SSSR count). The maximum absolute atomic E-state index is 12.4. The molecule has 0 atom stereocenters. The van der Waals surface area contributed by atoms with Crippen LogP contribution in [0.3, 0.4) is 0 Å². The Labute approximate surface area is 149 Å². The molecule has 1 aromatic rings. The molecule has 1 aliphatic rings. The van der Waals surface area contributed by atoms with Crippen LogP contribution in [0, 0.1) is 11.3 Å². The summed E-state index contributed by atoms with van der Waals surface area (Å²) in [5.74, 6) is 0.906. The molecule has 25 heavy (non-hydrogen) atoms. The Morgan fingerprint density at radius 3 is 2.60 bits per heavy atom. The van der Waals surface area contributed by atoms with Crippen LogP contribution in [-0.2, 0) is 4.79 Å². The van der Waals surface area contributed by atoms with Crippen molar-refractivity contribution in [2.24, 2.45) is 0 Å². The van der Waals surface area contributed by atoms with Gasteiger partial charge < -0.3 is 14.8 Å². The van der Waals surface area contributed by atoms with Gasteiger partial charge in [-0.15, -0.1) is 0 Å². The molecule has 5 heteroatoms. The molecule has 0 spiro atoms. The highest BCUT2D eigenvalue weighted by Crippen LogP contribution is 2.29. The van der Waals surface area contributed by atoms with Gasteiger partial charge in [-0.25, -0.2) is 0 Å². The fourth-order valence-corrected chi connectivity index (χ4v) is 2.95. The molecule has 0 aliphatic heterocycles. The Kier molecular flexibility index (Phi) is 6.88. The van der Waals surface area contributed by atoms with E-state index in [1.807, 2.05) is 26.0 Å². The Morgan fingerprint density at radius 2 is 2.00 bits per heavy atom. The number of hydrogen-bond donors (Lipinski definition) is 1. The zero-order chi connectivity index (χ0) is 18.2. The molecular weight excluding hydrogens is 316 g/mol. The van der Waals surface area contributed by atoms with Crippen LogP contribution in [0.4, 0.5) is 0 Å². The van der Waals surface area contributed by atoms with Crippen molar-refractivity contribution in [1.82, 2.24) is 5.32 Å². The quantitative estimate of drug-likeness (QED) is 0.630. The summed E-state index contributed by atoms with van der Waals surface area (Å²) < 4.78 is 11.0. The summed E-state index contributed by atoms with van der Waals surface area (Å²) in [6.45, 7) is 3.88. The number of rotatable bonds is 6. The summed E-state index contributed by atoms with van der Waals surface area (Å²) in [7, 11) is 1.57. The van der Waals surface area contributed by atoms with Crippen LogP contribution < -0.4 is 14.8 Å². The molecule has 0 aromatic heterocycles. The molecule has 0 heterocycles. The third kappa shape index (κ3) is 5.53. The van der Waals surface area contributed by atoms with E-state index in [0.717, 1.165) is 31.2 Å². The first-order chi connectivity index (χ1) is 12.0. The van der Waals surface area contributed by atoms with Crippen molar-refractivity contribution in [2.75, 3.05) is 7.11 Å². The van der Waals surface area contributed by atoms with E-state index in [9.17, 15) is 10.1 Å². The van der Waals surface area contributed by atoms with Gasteiger partial charge >= 0.3 is 0 Å². The van der Waals surface area contributed by atoms with Crippen LogP contribution in [0.2, 0.25) is 0 Å². The zero-order valence-corrected chi connectivity index (χ0v) is 15.2. The Morgan fingerprint density at radius 1 is 1.28 bits per heavy atom. The molecular formula is C20H26N2O3. The number of benzene rings is 1. The number of carbonyl (C=O) groups is 1. The smallest absolute Gasteiger partial charge is 0.262 e. The summed E-state index contributed by atoms with van der Waals surface area (Å²) in [4.78, 5) is 12.4. The molecule has 1 N–H and O–H groups in total. The maximum Gasteiger partial charge on any atom is 0.262 e. The third-order valence-electron chi connectivity index (χ3n) is 4.17. The van der Waals surface area contributed by atoms with E-state index in [-0.39, 0.29) is 23.6 Å². The van der Waals surface area contributed by atoms with Crippen LogP contribution in [0.25, 0.3) is 6.08 Å². The lowest BCUT2D eigenvalue weighted by atomic mass is 9.95. The monoisotopic (exact) mass is 342 g/mol. The number of methoxy groups -OCH3 is 1. The second kappa shape index (κ2) is 9.12. The highest BCUT2D eigenvalue weighted by Gasteiger charge is 2.18. The van der Waals surface area contributed by atoms with E-state index >= 15 is 0 Å². The predicted octanol–water partition coefficient (Wildman–Crippen LogP) is 3.84. The van der Waals surface area contributed by atoms with Crippen molar-refractivity contribution >= 4 is 12.0 Å². The van der Waals surface area contributed by atoms with Gasteiger partial charge in [-0.2, -0.15) is 5.26 Å². The van der Waals surface area contributed by atoms with E-state index in [1.54, 1.807) is 25.3 Å². The first-order valence-electron chi connectivity index (χ1n) is 8.81. The van der Waals surface area contributed by atoms with Crippen molar-refractivity contribution in [3.05, 3.63) is 29.3 Å². The van der Waals surface area contributed by atoms with E-state index in [2.05, 4.69) is 5.32 Å². The van der Waals surface area contributed by atoms with Gasteiger partial charge in [0.15, 0.2) is 11.5 Å². The SMILES string of the molecule is COc1cc(/C=C(\C#N)C(=O)NC2CCCCC2)ccc1OC(C)C. The van der Waals surface area contributed by atoms with Gasteiger partial charge in [0.05, 0.1) is 13.2 Å². The summed E-state index contributed by atoms with van der Waals surface area (Å²) >= 11 is 0. The maximum atomic E-state index is 12.4. The van der Waals surface area contributed by atoms with Gasteiger partial charge in [0, 0.05) is 6.04 Å². The van der Waals surface area contributed by atoms with Gasteiger partial charge in [0.25, 0.3) is 5.91 Å².